The predicted molar refractivity (Wildman–Crippen MR) is 94.2 cm³/mol. The minimum atomic E-state index is -0.370. The molecule has 2 aromatic rings. The van der Waals surface area contributed by atoms with Gasteiger partial charge < -0.3 is 9.83 Å². The van der Waals surface area contributed by atoms with Crippen LogP contribution >= 0.6 is 11.3 Å². The quantitative estimate of drug-likeness (QED) is 0.884. The van der Waals surface area contributed by atoms with Crippen LogP contribution in [0.15, 0.2) is 18.2 Å². The number of hydrogen-bond acceptors (Lipinski definition) is 5. The highest BCUT2D eigenvalue weighted by Crippen LogP contribution is 2.26. The Bertz CT molecular complexity index is 660. The molecule has 0 aliphatic carbocycles. The lowest BCUT2D eigenvalue weighted by Gasteiger charge is -2.44. The molecule has 1 N–H and O–H groups in total. The molecule has 0 radical (unpaired) electrons. The Morgan fingerprint density at radius 1 is 1.32 bits per heavy atom. The van der Waals surface area contributed by atoms with Gasteiger partial charge in [0.25, 0.3) is 0 Å². The van der Waals surface area contributed by atoms with Crippen LogP contribution in [0.4, 0.5) is 0 Å². The van der Waals surface area contributed by atoms with Crippen molar-refractivity contribution in [1.82, 2.24) is 14.7 Å². The van der Waals surface area contributed by atoms with E-state index in [2.05, 4.69) is 48.7 Å². The van der Waals surface area contributed by atoms with Gasteiger partial charge >= 0.3 is 7.05 Å². The molecule has 1 aliphatic heterocycles. The van der Waals surface area contributed by atoms with Gasteiger partial charge in [-0.05, 0) is 45.3 Å². The highest BCUT2D eigenvalue weighted by molar-refractivity contribution is 7.18. The van der Waals surface area contributed by atoms with E-state index in [-0.39, 0.29) is 7.05 Å². The smallest absolute Gasteiger partial charge is 0.376 e. The van der Waals surface area contributed by atoms with Gasteiger partial charge in [0.1, 0.15) is 5.01 Å². The van der Waals surface area contributed by atoms with Crippen LogP contribution < -0.4 is 0 Å². The molecule has 0 unspecified atom stereocenters. The zero-order valence-corrected chi connectivity index (χ0v) is 14.6. The molecule has 0 bridgehead atoms. The van der Waals surface area contributed by atoms with E-state index in [1.807, 2.05) is 6.82 Å². The normalized spacial score (nSPS) is 24.0. The van der Waals surface area contributed by atoms with Gasteiger partial charge in [0.05, 0.1) is 16.8 Å². The SMILES string of the molecule is CB(O)N1C[C@H](C)N(Cc2nc3cc(C)ccc3s2)C[C@H]1C. The molecule has 3 rings (SSSR count). The Balaban J connectivity index is 1.74. The summed E-state index contributed by atoms with van der Waals surface area (Å²) in [6.45, 7) is 11.2. The Kier molecular flexibility index (Phi) is 4.55. The van der Waals surface area contributed by atoms with Gasteiger partial charge in [0.2, 0.25) is 0 Å². The van der Waals surface area contributed by atoms with Crippen molar-refractivity contribution in [3.8, 4) is 0 Å². The van der Waals surface area contributed by atoms with Crippen LogP contribution in [0, 0.1) is 6.92 Å². The maximum absolute atomic E-state index is 9.86. The summed E-state index contributed by atoms with van der Waals surface area (Å²) >= 11 is 1.79. The molecule has 1 aromatic heterocycles. The van der Waals surface area contributed by atoms with E-state index in [1.54, 1.807) is 11.3 Å². The molecule has 1 fully saturated rings. The third kappa shape index (κ3) is 3.20. The molecular weight excluding hydrogens is 293 g/mol. The van der Waals surface area contributed by atoms with Crippen molar-refractivity contribution in [2.24, 2.45) is 0 Å². The number of aryl methyl sites for hydroxylation is 1. The monoisotopic (exact) mass is 317 g/mol. The highest BCUT2D eigenvalue weighted by Gasteiger charge is 2.32. The van der Waals surface area contributed by atoms with Crippen LogP contribution in [0.1, 0.15) is 24.4 Å². The summed E-state index contributed by atoms with van der Waals surface area (Å²) in [5.74, 6) is 0. The van der Waals surface area contributed by atoms with Crippen molar-refractivity contribution in [1.29, 1.82) is 0 Å². The molecule has 0 saturated carbocycles. The van der Waals surface area contributed by atoms with Gasteiger partial charge in [0, 0.05) is 25.2 Å². The fourth-order valence-electron chi connectivity index (χ4n) is 3.29. The first-order valence-corrected chi connectivity index (χ1v) is 8.79. The number of aromatic nitrogens is 1. The summed E-state index contributed by atoms with van der Waals surface area (Å²) in [7, 11) is -0.370. The molecule has 4 nitrogen and oxygen atoms in total. The molecule has 0 spiro atoms. The van der Waals surface area contributed by atoms with Crippen LogP contribution in [0.3, 0.4) is 0 Å². The van der Waals surface area contributed by atoms with E-state index < -0.39 is 0 Å². The average Bonchev–Trinajstić information content (AvgIpc) is 2.83. The highest BCUT2D eigenvalue weighted by atomic mass is 32.1. The number of hydrogen-bond donors (Lipinski definition) is 1. The molecule has 2 heterocycles. The Labute approximate surface area is 136 Å². The average molecular weight is 317 g/mol. The molecule has 118 valence electrons. The first kappa shape index (κ1) is 15.9. The largest absolute Gasteiger partial charge is 0.437 e. The second-order valence-electron chi connectivity index (χ2n) is 6.53. The number of fused-ring (bicyclic) bond motifs is 1. The van der Waals surface area contributed by atoms with E-state index in [0.29, 0.717) is 12.1 Å². The number of rotatable bonds is 3. The van der Waals surface area contributed by atoms with Gasteiger partial charge in [-0.25, -0.2) is 4.98 Å². The third-order valence-electron chi connectivity index (χ3n) is 4.57. The molecule has 1 aliphatic rings. The fraction of sp³-hybridized carbons (Fsp3) is 0.562. The minimum absolute atomic E-state index is 0.368. The van der Waals surface area contributed by atoms with Crippen molar-refractivity contribution >= 4 is 28.6 Å². The summed E-state index contributed by atoms with van der Waals surface area (Å²) < 4.78 is 1.27. The van der Waals surface area contributed by atoms with Crippen molar-refractivity contribution in [3.63, 3.8) is 0 Å². The number of nitrogens with zero attached hydrogens (tertiary/aromatic N) is 3. The standard InChI is InChI=1S/C16H24BN3OS/c1-11-5-6-15-14(7-11)18-16(22-15)10-19-8-13(3)20(17(4)21)9-12(19)2/h5-7,12-13,21H,8-10H2,1-4H3/t12-,13+/m0/s1. The maximum atomic E-state index is 9.86. The maximum Gasteiger partial charge on any atom is 0.376 e. The lowest BCUT2D eigenvalue weighted by Crippen LogP contribution is -2.59. The predicted octanol–water partition coefficient (Wildman–Crippen LogP) is 2.61. The van der Waals surface area contributed by atoms with Crippen molar-refractivity contribution in [2.45, 2.75) is 46.2 Å². The van der Waals surface area contributed by atoms with Gasteiger partial charge in [-0.2, -0.15) is 0 Å². The van der Waals surface area contributed by atoms with E-state index >= 15 is 0 Å². The van der Waals surface area contributed by atoms with Crippen LogP contribution in [-0.4, -0.2) is 51.9 Å². The summed E-state index contributed by atoms with van der Waals surface area (Å²) in [6.07, 6.45) is 0. The number of benzene rings is 1. The van der Waals surface area contributed by atoms with Gasteiger partial charge in [-0.1, -0.05) is 6.07 Å². The van der Waals surface area contributed by atoms with Crippen LogP contribution in [0.5, 0.6) is 0 Å². The van der Waals surface area contributed by atoms with E-state index in [1.165, 1.54) is 15.3 Å². The van der Waals surface area contributed by atoms with Gasteiger partial charge in [-0.15, -0.1) is 11.3 Å². The van der Waals surface area contributed by atoms with Crippen molar-refractivity contribution in [3.05, 3.63) is 28.8 Å². The Morgan fingerprint density at radius 3 is 2.82 bits per heavy atom. The lowest BCUT2D eigenvalue weighted by molar-refractivity contribution is 0.0761. The van der Waals surface area contributed by atoms with Crippen molar-refractivity contribution in [2.75, 3.05) is 13.1 Å². The van der Waals surface area contributed by atoms with Crippen LogP contribution in [0.25, 0.3) is 10.2 Å². The fourth-order valence-corrected chi connectivity index (χ4v) is 4.27. The van der Waals surface area contributed by atoms with Gasteiger partial charge in [0.15, 0.2) is 0 Å². The molecule has 0 amide bonds. The van der Waals surface area contributed by atoms with E-state index in [4.69, 9.17) is 4.98 Å². The Morgan fingerprint density at radius 2 is 2.09 bits per heavy atom. The molecule has 22 heavy (non-hydrogen) atoms. The van der Waals surface area contributed by atoms with Gasteiger partial charge in [-0.3, -0.25) is 4.90 Å². The molecule has 1 aromatic carbocycles. The number of thiazole rings is 1. The van der Waals surface area contributed by atoms with E-state index in [0.717, 1.165) is 25.2 Å². The zero-order valence-electron chi connectivity index (χ0n) is 13.8. The molecule has 6 heteroatoms. The van der Waals surface area contributed by atoms with Crippen LogP contribution in [-0.2, 0) is 6.54 Å². The summed E-state index contributed by atoms with van der Waals surface area (Å²) in [6, 6.07) is 7.28. The summed E-state index contributed by atoms with van der Waals surface area (Å²) in [5, 5.41) is 11.0. The third-order valence-corrected chi connectivity index (χ3v) is 5.59. The molecule has 1 saturated heterocycles. The van der Waals surface area contributed by atoms with Crippen LogP contribution in [0.2, 0.25) is 6.82 Å². The first-order valence-electron chi connectivity index (χ1n) is 7.98. The second-order valence-corrected chi connectivity index (χ2v) is 7.65. The summed E-state index contributed by atoms with van der Waals surface area (Å²) in [5.41, 5.74) is 2.38. The Hall–Kier alpha value is -0.945. The lowest BCUT2D eigenvalue weighted by atomic mass is 9.81. The molecular formula is C16H24BN3OS. The summed E-state index contributed by atoms with van der Waals surface area (Å²) in [4.78, 5) is 9.44. The second kappa shape index (κ2) is 6.28. The van der Waals surface area contributed by atoms with E-state index in [9.17, 15) is 5.02 Å². The minimum Gasteiger partial charge on any atom is -0.437 e. The van der Waals surface area contributed by atoms with Crippen molar-refractivity contribution < 1.29 is 5.02 Å². The molecule has 2 atom stereocenters. The zero-order chi connectivity index (χ0) is 15.9. The number of piperazine rings is 1. The first-order chi connectivity index (χ1) is 10.4. The topological polar surface area (TPSA) is 39.6 Å².